The zero-order chi connectivity index (χ0) is 13.7. The van der Waals surface area contributed by atoms with E-state index in [-0.39, 0.29) is 18.2 Å². The molecule has 1 aliphatic carbocycles. The molecular weight excluding hydrogens is 264 g/mol. The molecule has 1 saturated carbocycles. The Morgan fingerprint density at radius 2 is 2.16 bits per heavy atom. The van der Waals surface area contributed by atoms with Gasteiger partial charge >= 0.3 is 0 Å². The summed E-state index contributed by atoms with van der Waals surface area (Å²) in [5.74, 6) is -0.299. The summed E-state index contributed by atoms with van der Waals surface area (Å²) in [6.07, 6.45) is 2.75. The van der Waals surface area contributed by atoms with Crippen molar-refractivity contribution in [3.8, 4) is 0 Å². The standard InChI is InChI=1S/C13H18N2O3S/c16-11(15-9-13(18)5-2-6-13)4-7-14-12(17)10-3-1-8-19-10/h1,3,8,18H,2,4-7,9H2,(H,14,17)(H,15,16). The maximum Gasteiger partial charge on any atom is 0.261 e. The van der Waals surface area contributed by atoms with E-state index in [0.717, 1.165) is 19.3 Å². The third-order valence-corrected chi connectivity index (χ3v) is 4.15. The van der Waals surface area contributed by atoms with Crippen molar-refractivity contribution in [2.24, 2.45) is 0 Å². The van der Waals surface area contributed by atoms with E-state index in [1.54, 1.807) is 6.07 Å². The van der Waals surface area contributed by atoms with Crippen LogP contribution in [0.5, 0.6) is 0 Å². The molecule has 0 atom stereocenters. The highest BCUT2D eigenvalue weighted by atomic mass is 32.1. The van der Waals surface area contributed by atoms with Crippen LogP contribution in [0.4, 0.5) is 0 Å². The molecule has 2 rings (SSSR count). The van der Waals surface area contributed by atoms with Crippen molar-refractivity contribution in [3.63, 3.8) is 0 Å². The molecule has 0 radical (unpaired) electrons. The Morgan fingerprint density at radius 1 is 1.37 bits per heavy atom. The number of amides is 2. The van der Waals surface area contributed by atoms with Crippen LogP contribution in [0.1, 0.15) is 35.4 Å². The van der Waals surface area contributed by atoms with E-state index < -0.39 is 5.60 Å². The molecule has 3 N–H and O–H groups in total. The first-order valence-electron chi connectivity index (χ1n) is 6.40. The second-order valence-electron chi connectivity index (χ2n) is 4.84. The van der Waals surface area contributed by atoms with E-state index in [2.05, 4.69) is 10.6 Å². The summed E-state index contributed by atoms with van der Waals surface area (Å²) in [6.45, 7) is 0.617. The Morgan fingerprint density at radius 3 is 2.74 bits per heavy atom. The molecule has 6 heteroatoms. The Kier molecular flexibility index (Phi) is 4.55. The lowest BCUT2D eigenvalue weighted by atomic mass is 9.80. The molecule has 5 nitrogen and oxygen atoms in total. The van der Waals surface area contributed by atoms with E-state index in [1.807, 2.05) is 11.4 Å². The summed E-state index contributed by atoms with van der Waals surface area (Å²) in [5, 5.41) is 17.0. The van der Waals surface area contributed by atoms with Crippen molar-refractivity contribution < 1.29 is 14.7 Å². The molecule has 0 bridgehead atoms. The lowest BCUT2D eigenvalue weighted by Crippen LogP contribution is -2.48. The van der Waals surface area contributed by atoms with Crippen molar-refractivity contribution in [1.29, 1.82) is 0 Å². The average Bonchev–Trinajstić information content (AvgIpc) is 2.87. The molecule has 0 saturated heterocycles. The minimum atomic E-state index is -0.699. The summed E-state index contributed by atoms with van der Waals surface area (Å²) in [6, 6.07) is 3.55. The van der Waals surface area contributed by atoms with Crippen LogP contribution in [-0.2, 0) is 4.79 Å². The predicted octanol–water partition coefficient (Wildman–Crippen LogP) is 0.899. The quantitative estimate of drug-likeness (QED) is 0.725. The summed E-state index contributed by atoms with van der Waals surface area (Å²) < 4.78 is 0. The topological polar surface area (TPSA) is 78.4 Å². The van der Waals surface area contributed by atoms with E-state index in [1.165, 1.54) is 11.3 Å². The maximum atomic E-state index is 11.6. The van der Waals surface area contributed by atoms with Crippen molar-refractivity contribution >= 4 is 23.2 Å². The number of carbonyl (C=O) groups excluding carboxylic acids is 2. The second-order valence-corrected chi connectivity index (χ2v) is 5.79. The Balaban J connectivity index is 1.60. The van der Waals surface area contributed by atoms with Gasteiger partial charge in [0.15, 0.2) is 0 Å². The molecule has 1 aromatic heterocycles. The molecule has 1 fully saturated rings. The third kappa shape index (κ3) is 4.04. The van der Waals surface area contributed by atoms with Gasteiger partial charge in [0.2, 0.25) is 5.91 Å². The number of thiophene rings is 1. The highest BCUT2D eigenvalue weighted by molar-refractivity contribution is 7.12. The number of rotatable bonds is 6. The fraction of sp³-hybridized carbons (Fsp3) is 0.538. The summed E-state index contributed by atoms with van der Waals surface area (Å²) >= 11 is 1.37. The number of carbonyl (C=O) groups is 2. The number of hydrogen-bond acceptors (Lipinski definition) is 4. The van der Waals surface area contributed by atoms with Crippen LogP contribution in [0.3, 0.4) is 0 Å². The second kappa shape index (κ2) is 6.16. The SMILES string of the molecule is O=C(CCNC(=O)c1cccs1)NCC1(O)CCC1. The van der Waals surface area contributed by atoms with Gasteiger partial charge in [0.05, 0.1) is 10.5 Å². The van der Waals surface area contributed by atoms with Gasteiger partial charge in [-0.15, -0.1) is 11.3 Å². The Labute approximate surface area is 116 Å². The fourth-order valence-electron chi connectivity index (χ4n) is 1.90. The molecule has 1 aromatic rings. The highest BCUT2D eigenvalue weighted by Crippen LogP contribution is 2.30. The van der Waals surface area contributed by atoms with Crippen molar-refractivity contribution in [1.82, 2.24) is 10.6 Å². The summed E-state index contributed by atoms with van der Waals surface area (Å²) in [4.78, 5) is 23.8. The highest BCUT2D eigenvalue weighted by Gasteiger charge is 2.34. The summed E-state index contributed by atoms with van der Waals surface area (Å²) in [7, 11) is 0. The van der Waals surface area contributed by atoms with Gasteiger partial charge in [-0.25, -0.2) is 0 Å². The normalized spacial score (nSPS) is 16.5. The molecule has 1 aliphatic rings. The maximum absolute atomic E-state index is 11.6. The number of hydrogen-bond donors (Lipinski definition) is 3. The van der Waals surface area contributed by atoms with Crippen LogP contribution >= 0.6 is 11.3 Å². The Bertz CT molecular complexity index is 441. The zero-order valence-electron chi connectivity index (χ0n) is 10.6. The lowest BCUT2D eigenvalue weighted by molar-refractivity contribution is -0.123. The predicted molar refractivity (Wildman–Crippen MR) is 73.1 cm³/mol. The molecular formula is C13H18N2O3S. The van der Waals surface area contributed by atoms with Gasteiger partial charge in [-0.3, -0.25) is 9.59 Å². The van der Waals surface area contributed by atoms with Gasteiger partial charge in [-0.2, -0.15) is 0 Å². The first-order chi connectivity index (χ1) is 9.09. The largest absolute Gasteiger partial charge is 0.388 e. The number of nitrogens with one attached hydrogen (secondary N) is 2. The minimum absolute atomic E-state index is 0.146. The lowest BCUT2D eigenvalue weighted by Gasteiger charge is -2.36. The average molecular weight is 282 g/mol. The first-order valence-corrected chi connectivity index (χ1v) is 7.28. The van der Waals surface area contributed by atoms with Crippen LogP contribution in [0.15, 0.2) is 17.5 Å². The molecule has 104 valence electrons. The van der Waals surface area contributed by atoms with E-state index in [9.17, 15) is 14.7 Å². The van der Waals surface area contributed by atoms with Gasteiger partial charge in [-0.05, 0) is 30.7 Å². The van der Waals surface area contributed by atoms with E-state index >= 15 is 0 Å². The molecule has 2 amide bonds. The van der Waals surface area contributed by atoms with Gasteiger partial charge in [0.25, 0.3) is 5.91 Å². The van der Waals surface area contributed by atoms with Crippen molar-refractivity contribution in [3.05, 3.63) is 22.4 Å². The summed E-state index contributed by atoms with van der Waals surface area (Å²) in [5.41, 5.74) is -0.699. The molecule has 0 aromatic carbocycles. The van der Waals surface area contributed by atoms with Crippen LogP contribution in [0.2, 0.25) is 0 Å². The van der Waals surface area contributed by atoms with Gasteiger partial charge in [0, 0.05) is 19.5 Å². The zero-order valence-corrected chi connectivity index (χ0v) is 11.5. The smallest absolute Gasteiger partial charge is 0.261 e. The Hall–Kier alpha value is -1.40. The van der Waals surface area contributed by atoms with E-state index in [0.29, 0.717) is 18.0 Å². The van der Waals surface area contributed by atoms with Crippen LogP contribution in [0.25, 0.3) is 0 Å². The molecule has 0 aliphatic heterocycles. The molecule has 0 unspecified atom stereocenters. The van der Waals surface area contributed by atoms with Crippen LogP contribution in [0, 0.1) is 0 Å². The van der Waals surface area contributed by atoms with Gasteiger partial charge in [0.1, 0.15) is 0 Å². The monoisotopic (exact) mass is 282 g/mol. The van der Waals surface area contributed by atoms with Crippen LogP contribution < -0.4 is 10.6 Å². The third-order valence-electron chi connectivity index (χ3n) is 3.28. The number of aliphatic hydroxyl groups is 1. The van der Waals surface area contributed by atoms with Gasteiger partial charge in [-0.1, -0.05) is 6.07 Å². The molecule has 0 spiro atoms. The van der Waals surface area contributed by atoms with Crippen LogP contribution in [-0.4, -0.2) is 35.6 Å². The molecule has 1 heterocycles. The first kappa shape index (κ1) is 14.0. The van der Waals surface area contributed by atoms with Gasteiger partial charge < -0.3 is 15.7 Å². The molecule has 19 heavy (non-hydrogen) atoms. The van der Waals surface area contributed by atoms with E-state index in [4.69, 9.17) is 0 Å². The fourth-order valence-corrected chi connectivity index (χ4v) is 2.54. The van der Waals surface area contributed by atoms with Crippen molar-refractivity contribution in [2.75, 3.05) is 13.1 Å². The minimum Gasteiger partial charge on any atom is -0.388 e. The van der Waals surface area contributed by atoms with Crippen molar-refractivity contribution in [2.45, 2.75) is 31.3 Å².